The van der Waals surface area contributed by atoms with Crippen molar-refractivity contribution in [2.75, 3.05) is 13.1 Å². The molecular weight excluding hydrogens is 270 g/mol. The molecule has 0 aliphatic carbocycles. The maximum atomic E-state index is 12.5. The van der Waals surface area contributed by atoms with Gasteiger partial charge in [-0.3, -0.25) is 9.59 Å². The second-order valence-electron chi connectivity index (χ2n) is 5.60. The van der Waals surface area contributed by atoms with Gasteiger partial charge in [-0.2, -0.15) is 5.10 Å². The van der Waals surface area contributed by atoms with Crippen LogP contribution in [0.2, 0.25) is 0 Å². The number of unbranched alkanes of at least 4 members (excludes halogenated alkanes) is 1. The molecule has 6 heteroatoms. The molecule has 1 fully saturated rings. The van der Waals surface area contributed by atoms with Gasteiger partial charge in [0.15, 0.2) is 0 Å². The largest absolute Gasteiger partial charge is 0.372 e. The number of morpholine rings is 1. The number of carbonyl (C=O) groups excluding carboxylic acids is 1. The zero-order valence-electron chi connectivity index (χ0n) is 12.9. The van der Waals surface area contributed by atoms with Gasteiger partial charge in [0, 0.05) is 25.7 Å². The zero-order chi connectivity index (χ0) is 15.4. The van der Waals surface area contributed by atoms with E-state index in [1.165, 1.54) is 16.8 Å². The summed E-state index contributed by atoms with van der Waals surface area (Å²) >= 11 is 0. The van der Waals surface area contributed by atoms with Crippen LogP contribution < -0.4 is 5.56 Å². The smallest absolute Gasteiger partial charge is 0.274 e. The lowest BCUT2D eigenvalue weighted by Gasteiger charge is -2.35. The molecule has 1 saturated heterocycles. The highest BCUT2D eigenvalue weighted by molar-refractivity contribution is 5.92. The third-order valence-electron chi connectivity index (χ3n) is 3.52. The molecule has 0 radical (unpaired) electrons. The van der Waals surface area contributed by atoms with Crippen molar-refractivity contribution < 1.29 is 9.53 Å². The first-order valence-electron chi connectivity index (χ1n) is 7.54. The van der Waals surface area contributed by atoms with Crippen LogP contribution in [0.15, 0.2) is 16.9 Å². The van der Waals surface area contributed by atoms with E-state index in [-0.39, 0.29) is 23.7 Å². The third kappa shape index (κ3) is 3.91. The van der Waals surface area contributed by atoms with Crippen molar-refractivity contribution >= 4 is 5.91 Å². The lowest BCUT2D eigenvalue weighted by molar-refractivity contribution is -0.0587. The maximum Gasteiger partial charge on any atom is 0.274 e. The highest BCUT2D eigenvalue weighted by atomic mass is 16.5. The number of amides is 1. The van der Waals surface area contributed by atoms with Crippen LogP contribution in [0, 0.1) is 0 Å². The fourth-order valence-electron chi connectivity index (χ4n) is 2.54. The summed E-state index contributed by atoms with van der Waals surface area (Å²) < 4.78 is 7.01. The molecule has 0 saturated carbocycles. The van der Waals surface area contributed by atoms with E-state index in [4.69, 9.17) is 4.74 Å². The average molecular weight is 293 g/mol. The highest BCUT2D eigenvalue weighted by Gasteiger charge is 2.27. The zero-order valence-corrected chi connectivity index (χ0v) is 12.9. The first-order chi connectivity index (χ1) is 10.0. The Morgan fingerprint density at radius 3 is 2.62 bits per heavy atom. The van der Waals surface area contributed by atoms with Crippen LogP contribution in [0.3, 0.4) is 0 Å². The standard InChI is InChI=1S/C15H23N3O3/c1-4-5-8-18-14(19)7-6-13(16-18)15(20)17-9-11(2)21-12(3)10-17/h6-7,11-12H,4-5,8-10H2,1-3H3. The topological polar surface area (TPSA) is 64.4 Å². The van der Waals surface area contributed by atoms with Crippen LogP contribution in [0.1, 0.15) is 44.1 Å². The monoisotopic (exact) mass is 293 g/mol. The minimum Gasteiger partial charge on any atom is -0.372 e. The van der Waals surface area contributed by atoms with E-state index in [1.807, 2.05) is 13.8 Å². The molecule has 2 atom stereocenters. The molecule has 2 unspecified atom stereocenters. The number of aryl methyl sites for hydroxylation is 1. The minimum absolute atomic E-state index is 0.0173. The van der Waals surface area contributed by atoms with E-state index in [2.05, 4.69) is 12.0 Å². The predicted octanol–water partition coefficient (Wildman–Crippen LogP) is 1.29. The summed E-state index contributed by atoms with van der Waals surface area (Å²) in [4.78, 5) is 26.0. The number of ether oxygens (including phenoxy) is 1. The van der Waals surface area contributed by atoms with Gasteiger partial charge in [0.1, 0.15) is 5.69 Å². The van der Waals surface area contributed by atoms with Gasteiger partial charge < -0.3 is 9.64 Å². The number of carbonyl (C=O) groups is 1. The van der Waals surface area contributed by atoms with Gasteiger partial charge >= 0.3 is 0 Å². The van der Waals surface area contributed by atoms with Crippen LogP contribution in [0.4, 0.5) is 0 Å². The van der Waals surface area contributed by atoms with Crippen LogP contribution in [-0.4, -0.2) is 45.9 Å². The number of hydrogen-bond acceptors (Lipinski definition) is 4. The van der Waals surface area contributed by atoms with E-state index in [9.17, 15) is 9.59 Å². The molecule has 0 bridgehead atoms. The summed E-state index contributed by atoms with van der Waals surface area (Å²) in [6.45, 7) is 7.61. The summed E-state index contributed by atoms with van der Waals surface area (Å²) in [5.41, 5.74) is 0.163. The van der Waals surface area contributed by atoms with E-state index in [0.29, 0.717) is 25.3 Å². The van der Waals surface area contributed by atoms with Crippen LogP contribution in [-0.2, 0) is 11.3 Å². The molecule has 1 aliphatic rings. The molecule has 2 rings (SSSR count). The van der Waals surface area contributed by atoms with Crippen molar-refractivity contribution in [3.8, 4) is 0 Å². The molecule has 1 aliphatic heterocycles. The predicted molar refractivity (Wildman–Crippen MR) is 79.3 cm³/mol. The lowest BCUT2D eigenvalue weighted by atomic mass is 10.2. The van der Waals surface area contributed by atoms with E-state index in [0.717, 1.165) is 12.8 Å². The maximum absolute atomic E-state index is 12.5. The van der Waals surface area contributed by atoms with Crippen LogP contribution in [0.5, 0.6) is 0 Å². The number of aromatic nitrogens is 2. The normalized spacial score (nSPS) is 22.3. The molecule has 21 heavy (non-hydrogen) atoms. The Labute approximate surface area is 124 Å². The lowest BCUT2D eigenvalue weighted by Crippen LogP contribution is -2.48. The van der Waals surface area contributed by atoms with Crippen molar-refractivity contribution in [2.45, 2.75) is 52.4 Å². The van der Waals surface area contributed by atoms with Gasteiger partial charge in [0.25, 0.3) is 11.5 Å². The molecule has 1 aromatic heterocycles. The Bertz CT molecular complexity index is 545. The molecule has 2 heterocycles. The first-order valence-corrected chi connectivity index (χ1v) is 7.54. The van der Waals surface area contributed by atoms with Gasteiger partial charge in [0.05, 0.1) is 12.2 Å². The second kappa shape index (κ2) is 6.85. The second-order valence-corrected chi connectivity index (χ2v) is 5.60. The summed E-state index contributed by atoms with van der Waals surface area (Å²) in [5.74, 6) is -0.137. The first kappa shape index (κ1) is 15.7. The van der Waals surface area contributed by atoms with Gasteiger partial charge in [0.2, 0.25) is 0 Å². The van der Waals surface area contributed by atoms with E-state index in [1.54, 1.807) is 4.90 Å². The van der Waals surface area contributed by atoms with Gasteiger partial charge in [-0.15, -0.1) is 0 Å². The Hall–Kier alpha value is -1.69. The van der Waals surface area contributed by atoms with E-state index < -0.39 is 0 Å². The fraction of sp³-hybridized carbons (Fsp3) is 0.667. The summed E-state index contributed by atoms with van der Waals surface area (Å²) in [6, 6.07) is 2.93. The quantitative estimate of drug-likeness (QED) is 0.839. The molecule has 0 spiro atoms. The fourth-order valence-corrected chi connectivity index (χ4v) is 2.54. The van der Waals surface area contributed by atoms with Crippen molar-refractivity contribution in [1.82, 2.24) is 14.7 Å². The number of nitrogens with zero attached hydrogens (tertiary/aromatic N) is 3. The van der Waals surface area contributed by atoms with Gasteiger partial charge in [-0.1, -0.05) is 13.3 Å². The van der Waals surface area contributed by atoms with E-state index >= 15 is 0 Å². The highest BCUT2D eigenvalue weighted by Crippen LogP contribution is 2.13. The molecule has 6 nitrogen and oxygen atoms in total. The molecule has 1 amide bonds. The minimum atomic E-state index is -0.163. The number of hydrogen-bond donors (Lipinski definition) is 0. The molecule has 1 aromatic rings. The molecule has 0 aromatic carbocycles. The SMILES string of the molecule is CCCCn1nc(C(=O)N2CC(C)OC(C)C2)ccc1=O. The Morgan fingerprint density at radius 1 is 1.33 bits per heavy atom. The summed E-state index contributed by atoms with van der Waals surface area (Å²) in [5, 5.41) is 4.21. The number of rotatable bonds is 4. The average Bonchev–Trinajstić information content (AvgIpc) is 2.44. The van der Waals surface area contributed by atoms with Gasteiger partial charge in [-0.05, 0) is 26.3 Å². The van der Waals surface area contributed by atoms with Crippen LogP contribution in [0.25, 0.3) is 0 Å². The molecule has 116 valence electrons. The Morgan fingerprint density at radius 2 is 2.00 bits per heavy atom. The third-order valence-corrected chi connectivity index (χ3v) is 3.52. The Kier molecular flexibility index (Phi) is 5.12. The van der Waals surface area contributed by atoms with Gasteiger partial charge in [-0.25, -0.2) is 4.68 Å². The summed E-state index contributed by atoms with van der Waals surface area (Å²) in [6.07, 6.45) is 1.88. The summed E-state index contributed by atoms with van der Waals surface area (Å²) in [7, 11) is 0. The van der Waals surface area contributed by atoms with Crippen LogP contribution >= 0.6 is 0 Å². The van der Waals surface area contributed by atoms with Crippen molar-refractivity contribution in [2.24, 2.45) is 0 Å². The van der Waals surface area contributed by atoms with Crippen molar-refractivity contribution in [1.29, 1.82) is 0 Å². The van der Waals surface area contributed by atoms with Crippen molar-refractivity contribution in [3.05, 3.63) is 28.2 Å². The van der Waals surface area contributed by atoms with Crippen molar-refractivity contribution in [3.63, 3.8) is 0 Å². The molecular formula is C15H23N3O3. The molecule has 0 N–H and O–H groups in total. The Balaban J connectivity index is 2.17.